The van der Waals surface area contributed by atoms with Gasteiger partial charge in [0.15, 0.2) is 0 Å². The summed E-state index contributed by atoms with van der Waals surface area (Å²) < 4.78 is 10.2. The van der Waals surface area contributed by atoms with E-state index in [1.54, 1.807) is 30.2 Å². The quantitative estimate of drug-likeness (QED) is 0.438. The third-order valence-corrected chi connectivity index (χ3v) is 5.73. The highest BCUT2D eigenvalue weighted by Crippen LogP contribution is 2.47. The molecule has 33 heavy (non-hydrogen) atoms. The van der Waals surface area contributed by atoms with E-state index in [-0.39, 0.29) is 6.61 Å². The van der Waals surface area contributed by atoms with Gasteiger partial charge in [-0.2, -0.15) is 0 Å². The Morgan fingerprint density at radius 2 is 1.88 bits per heavy atom. The molecule has 1 unspecified atom stereocenters. The van der Waals surface area contributed by atoms with Gasteiger partial charge in [0.2, 0.25) is 0 Å². The van der Waals surface area contributed by atoms with Crippen molar-refractivity contribution in [2.75, 3.05) is 23.9 Å². The van der Waals surface area contributed by atoms with Crippen molar-refractivity contribution < 1.29 is 19.1 Å². The lowest BCUT2D eigenvalue weighted by molar-refractivity contribution is 0.158. The molecule has 2 amide bonds. The van der Waals surface area contributed by atoms with E-state index in [9.17, 15) is 9.59 Å². The Labute approximate surface area is 190 Å². The van der Waals surface area contributed by atoms with Gasteiger partial charge in [-0.1, -0.05) is 30.3 Å². The van der Waals surface area contributed by atoms with Crippen LogP contribution in [0.25, 0.3) is 22.2 Å². The van der Waals surface area contributed by atoms with Gasteiger partial charge >= 0.3 is 12.2 Å². The van der Waals surface area contributed by atoms with E-state index in [1.807, 2.05) is 48.7 Å². The maximum Gasteiger partial charge on any atom is 0.415 e. The number of hydrogen-bond donors (Lipinski definition) is 2. The van der Waals surface area contributed by atoms with Crippen LogP contribution in [0.5, 0.6) is 0 Å². The van der Waals surface area contributed by atoms with Crippen LogP contribution in [-0.2, 0) is 9.47 Å². The molecule has 0 aliphatic carbocycles. The minimum atomic E-state index is -0.549. The van der Waals surface area contributed by atoms with Gasteiger partial charge in [0.1, 0.15) is 5.65 Å². The number of nitrogens with zero attached hydrogens (tertiary/aromatic N) is 2. The Bertz CT molecular complexity index is 1350. The molecular weight excluding hydrogens is 420 g/mol. The summed E-state index contributed by atoms with van der Waals surface area (Å²) in [5, 5.41) is 3.61. The largest absolute Gasteiger partial charge is 0.453 e. The molecule has 1 aliphatic heterocycles. The summed E-state index contributed by atoms with van der Waals surface area (Å²) in [6.45, 7) is 2.04. The molecule has 0 radical (unpaired) electrons. The van der Waals surface area contributed by atoms with Crippen LogP contribution in [-0.4, -0.2) is 35.9 Å². The number of aromatic amines is 1. The second kappa shape index (κ2) is 8.31. The lowest BCUT2D eigenvalue weighted by atomic mass is 9.96. The van der Waals surface area contributed by atoms with Crippen LogP contribution in [0, 0.1) is 0 Å². The van der Waals surface area contributed by atoms with E-state index in [1.165, 1.54) is 7.11 Å². The number of fused-ring (bicyclic) bond motifs is 2. The molecule has 3 heterocycles. The zero-order chi connectivity index (χ0) is 22.9. The number of hydrogen-bond acceptors (Lipinski definition) is 5. The molecule has 0 saturated heterocycles. The number of methoxy groups -OCH3 is 1. The van der Waals surface area contributed by atoms with Crippen LogP contribution in [0.1, 0.15) is 24.1 Å². The number of amides is 2. The van der Waals surface area contributed by atoms with E-state index in [0.29, 0.717) is 5.69 Å². The van der Waals surface area contributed by atoms with Crippen molar-refractivity contribution in [2.45, 2.75) is 13.0 Å². The Morgan fingerprint density at radius 3 is 2.64 bits per heavy atom. The first-order valence-corrected chi connectivity index (χ1v) is 10.6. The fourth-order valence-corrected chi connectivity index (χ4v) is 4.35. The van der Waals surface area contributed by atoms with E-state index >= 15 is 0 Å². The molecule has 0 bridgehead atoms. The average Bonchev–Trinajstić information content (AvgIpc) is 3.22. The second-order valence-electron chi connectivity index (χ2n) is 7.55. The van der Waals surface area contributed by atoms with Crippen LogP contribution < -0.4 is 10.2 Å². The zero-order valence-electron chi connectivity index (χ0n) is 18.2. The second-order valence-corrected chi connectivity index (χ2v) is 7.55. The van der Waals surface area contributed by atoms with E-state index < -0.39 is 18.2 Å². The topological polar surface area (TPSA) is 96.5 Å². The predicted octanol–water partition coefficient (Wildman–Crippen LogP) is 5.47. The highest BCUT2D eigenvalue weighted by Gasteiger charge is 2.36. The van der Waals surface area contributed by atoms with E-state index in [0.717, 1.165) is 39.0 Å². The van der Waals surface area contributed by atoms with Crippen molar-refractivity contribution >= 4 is 34.6 Å². The highest BCUT2D eigenvalue weighted by molar-refractivity contribution is 6.06. The number of aromatic nitrogens is 2. The summed E-state index contributed by atoms with van der Waals surface area (Å²) in [7, 11) is 1.31. The molecule has 166 valence electrons. The Balaban J connectivity index is 1.73. The van der Waals surface area contributed by atoms with E-state index in [2.05, 4.69) is 20.0 Å². The fraction of sp³-hybridized carbons (Fsp3) is 0.160. The smallest absolute Gasteiger partial charge is 0.415 e. The van der Waals surface area contributed by atoms with Crippen molar-refractivity contribution in [3.05, 3.63) is 78.1 Å². The number of pyridine rings is 1. The summed E-state index contributed by atoms with van der Waals surface area (Å²) in [5.41, 5.74) is 5.76. The van der Waals surface area contributed by atoms with Crippen molar-refractivity contribution in [1.82, 2.24) is 9.97 Å². The normalized spacial score (nSPS) is 14.4. The molecule has 8 nitrogen and oxygen atoms in total. The first kappa shape index (κ1) is 20.6. The maximum atomic E-state index is 13.3. The molecule has 2 N–H and O–H groups in total. The lowest BCUT2D eigenvalue weighted by Crippen LogP contribution is -2.36. The molecule has 1 aliphatic rings. The van der Waals surface area contributed by atoms with Gasteiger partial charge in [-0.25, -0.2) is 14.6 Å². The van der Waals surface area contributed by atoms with Crippen molar-refractivity contribution in [3.8, 4) is 11.1 Å². The third kappa shape index (κ3) is 3.45. The van der Waals surface area contributed by atoms with Gasteiger partial charge in [-0.3, -0.25) is 10.2 Å². The van der Waals surface area contributed by atoms with Crippen LogP contribution >= 0.6 is 0 Å². The van der Waals surface area contributed by atoms with Crippen molar-refractivity contribution in [2.24, 2.45) is 0 Å². The number of rotatable bonds is 3. The number of anilines is 2. The SMILES string of the molecule is CCOC(=O)N1c2ccccc2-c2ccnc3[nH]cc(c23)C1c1ccc(NC(=O)OC)cc1. The third-order valence-electron chi connectivity index (χ3n) is 5.73. The van der Waals surface area contributed by atoms with Crippen LogP contribution in [0.3, 0.4) is 0 Å². The van der Waals surface area contributed by atoms with Gasteiger partial charge in [-0.05, 0) is 42.3 Å². The number of ether oxygens (including phenoxy) is 2. The van der Waals surface area contributed by atoms with Crippen molar-refractivity contribution in [1.29, 1.82) is 0 Å². The minimum Gasteiger partial charge on any atom is -0.453 e. The molecule has 2 aromatic heterocycles. The van der Waals surface area contributed by atoms with Crippen LogP contribution in [0.2, 0.25) is 0 Å². The summed E-state index contributed by atoms with van der Waals surface area (Å²) in [6.07, 6.45) is 2.66. The Morgan fingerprint density at radius 1 is 1.09 bits per heavy atom. The molecule has 0 saturated carbocycles. The molecule has 0 fully saturated rings. The molecule has 5 rings (SSSR count). The number of carbonyl (C=O) groups excluding carboxylic acids is 2. The minimum absolute atomic E-state index is 0.253. The number of carbonyl (C=O) groups is 2. The number of H-pyrrole nitrogens is 1. The lowest BCUT2D eigenvalue weighted by Gasteiger charge is -2.31. The number of para-hydroxylation sites is 1. The molecular formula is C25H22N4O4. The molecule has 0 spiro atoms. The van der Waals surface area contributed by atoms with E-state index in [4.69, 9.17) is 4.74 Å². The van der Waals surface area contributed by atoms with Crippen LogP contribution in [0.4, 0.5) is 21.0 Å². The number of nitrogens with one attached hydrogen (secondary N) is 2. The first-order valence-electron chi connectivity index (χ1n) is 10.6. The molecule has 1 atom stereocenters. The van der Waals surface area contributed by atoms with Gasteiger partial charge in [0, 0.05) is 34.6 Å². The van der Waals surface area contributed by atoms with Crippen LogP contribution in [0.15, 0.2) is 67.0 Å². The summed E-state index contributed by atoms with van der Waals surface area (Å²) in [5.74, 6) is 0. The maximum absolute atomic E-state index is 13.3. The van der Waals surface area contributed by atoms with Gasteiger partial charge in [0.25, 0.3) is 0 Å². The standard InChI is InChI=1S/C25H22N4O4/c1-3-33-25(31)29-20-7-5-4-6-17(20)18-12-13-26-23-21(18)19(14-27-23)22(29)15-8-10-16(11-9-15)28-24(30)32-2/h4-14,22H,3H2,1-2H3,(H,26,27)(H,28,30). The summed E-state index contributed by atoms with van der Waals surface area (Å²) in [4.78, 5) is 34.4. The zero-order valence-corrected chi connectivity index (χ0v) is 18.2. The van der Waals surface area contributed by atoms with Gasteiger partial charge < -0.3 is 14.5 Å². The first-order chi connectivity index (χ1) is 16.1. The predicted molar refractivity (Wildman–Crippen MR) is 125 cm³/mol. The molecule has 4 aromatic rings. The Kier molecular flexibility index (Phi) is 5.18. The Hall–Kier alpha value is -4.33. The molecule has 8 heteroatoms. The average molecular weight is 442 g/mol. The monoisotopic (exact) mass is 442 g/mol. The highest BCUT2D eigenvalue weighted by atomic mass is 16.6. The van der Waals surface area contributed by atoms with Gasteiger partial charge in [0.05, 0.1) is 25.4 Å². The van der Waals surface area contributed by atoms with Gasteiger partial charge in [-0.15, -0.1) is 0 Å². The number of benzene rings is 2. The fourth-order valence-electron chi connectivity index (χ4n) is 4.35. The van der Waals surface area contributed by atoms with Crippen molar-refractivity contribution in [3.63, 3.8) is 0 Å². The summed E-state index contributed by atoms with van der Waals surface area (Å²) >= 11 is 0. The molecule has 2 aromatic carbocycles. The summed E-state index contributed by atoms with van der Waals surface area (Å²) in [6, 6.07) is 16.6.